The van der Waals surface area contributed by atoms with E-state index in [2.05, 4.69) is 10.6 Å². The number of aliphatic hydroxyl groups excluding tert-OH is 1. The minimum absolute atomic E-state index is 0.0609. The molecule has 83 heavy (non-hydrogen) atoms. The number of allylic oxidation sites excluding steroid dienone is 1. The molecule has 4 rings (SSSR count). The molecule has 1 heterocycles. The van der Waals surface area contributed by atoms with E-state index >= 15 is 0 Å². The van der Waals surface area contributed by atoms with Crippen molar-refractivity contribution in [2.45, 2.75) is 188 Å². The van der Waals surface area contributed by atoms with Gasteiger partial charge in [0.1, 0.15) is 23.6 Å². The van der Waals surface area contributed by atoms with Crippen LogP contribution in [0, 0.1) is 29.6 Å². The zero-order valence-electron chi connectivity index (χ0n) is 51.7. The summed E-state index contributed by atoms with van der Waals surface area (Å²) in [6.45, 7) is 16.8. The first kappa shape index (κ1) is 69.1. The first-order valence-corrected chi connectivity index (χ1v) is 29.7. The predicted octanol–water partition coefficient (Wildman–Crippen LogP) is 8.93. The van der Waals surface area contributed by atoms with E-state index in [1.807, 2.05) is 58.0 Å². The average Bonchev–Trinajstić information content (AvgIpc) is 4.20. The third-order valence-corrected chi connectivity index (χ3v) is 16.5. The fraction of sp³-hybridized carbons (Fsp3) is 0.651. The minimum atomic E-state index is -1.07. The molecule has 0 spiro atoms. The van der Waals surface area contributed by atoms with Gasteiger partial charge in [0, 0.05) is 60.7 Å². The second-order valence-corrected chi connectivity index (χ2v) is 23.2. The number of likely N-dealkylation sites (tertiary alicyclic amines) is 1. The van der Waals surface area contributed by atoms with Gasteiger partial charge in [0.15, 0.2) is 11.6 Å². The van der Waals surface area contributed by atoms with E-state index in [0.29, 0.717) is 37.8 Å². The van der Waals surface area contributed by atoms with Gasteiger partial charge in [-0.15, -0.1) is 0 Å². The number of carbonyl (C=O) groups is 8. The van der Waals surface area contributed by atoms with Crippen LogP contribution >= 0.6 is 0 Å². The Morgan fingerprint density at radius 1 is 0.723 bits per heavy atom. The number of hydrogen-bond donors (Lipinski definition) is 3. The van der Waals surface area contributed by atoms with E-state index in [4.69, 9.17) is 23.7 Å². The zero-order valence-corrected chi connectivity index (χ0v) is 51.7. The molecule has 3 N–H and O–H groups in total. The van der Waals surface area contributed by atoms with Gasteiger partial charge in [-0.2, -0.15) is 0 Å². The molecule has 0 bridgehead atoms. The maximum Gasteiger partial charge on any atom is 0.415 e. The molecular formula is C63H96N6O14. The molecule has 2 aromatic carbocycles. The lowest BCUT2D eigenvalue weighted by molar-refractivity contribution is -0.149. The van der Waals surface area contributed by atoms with E-state index < -0.39 is 78.6 Å². The van der Waals surface area contributed by atoms with Gasteiger partial charge in [-0.3, -0.25) is 24.0 Å². The van der Waals surface area contributed by atoms with Gasteiger partial charge in [-0.25, -0.2) is 14.4 Å². The number of carbonyl (C=O) groups excluding carboxylic acids is 8. The second-order valence-electron chi connectivity index (χ2n) is 23.2. The molecule has 0 aromatic heterocycles. The molecule has 2 aliphatic rings. The van der Waals surface area contributed by atoms with Crippen molar-refractivity contribution >= 4 is 47.6 Å². The Morgan fingerprint density at radius 2 is 1.37 bits per heavy atom. The largest absolute Gasteiger partial charge is 0.442 e. The lowest BCUT2D eigenvalue weighted by atomic mass is 9.83. The van der Waals surface area contributed by atoms with Gasteiger partial charge in [0.2, 0.25) is 17.7 Å². The number of nitrogens with zero attached hydrogens (tertiary/aromatic N) is 4. The van der Waals surface area contributed by atoms with Crippen molar-refractivity contribution in [2.75, 3.05) is 48.5 Å². The molecule has 20 nitrogen and oxygen atoms in total. The van der Waals surface area contributed by atoms with Crippen molar-refractivity contribution in [3.05, 3.63) is 72.3 Å². The summed E-state index contributed by atoms with van der Waals surface area (Å²) in [4.78, 5) is 116. The normalized spacial score (nSPS) is 19.4. The Balaban J connectivity index is 1.39. The van der Waals surface area contributed by atoms with Crippen molar-refractivity contribution in [3.63, 3.8) is 0 Å². The van der Waals surface area contributed by atoms with Crippen LogP contribution in [0.5, 0.6) is 11.5 Å². The molecular weight excluding hydrogens is 1060 g/mol. The van der Waals surface area contributed by atoms with Crippen LogP contribution in [0.2, 0.25) is 0 Å². The Bertz CT molecular complexity index is 2460. The average molecular weight is 1160 g/mol. The van der Waals surface area contributed by atoms with Gasteiger partial charge in [0.05, 0.1) is 61.4 Å². The van der Waals surface area contributed by atoms with Crippen LogP contribution in [0.1, 0.15) is 145 Å². The Morgan fingerprint density at radius 3 is 1.96 bits per heavy atom. The van der Waals surface area contributed by atoms with Gasteiger partial charge < -0.3 is 59.0 Å². The van der Waals surface area contributed by atoms with Gasteiger partial charge >= 0.3 is 18.3 Å². The molecule has 0 saturated carbocycles. The molecule has 1 saturated heterocycles. The number of aliphatic hydroxyl groups is 1. The summed E-state index contributed by atoms with van der Waals surface area (Å²) in [5.41, 5.74) is 0.677. The first-order valence-electron chi connectivity index (χ1n) is 29.7. The molecule has 1 aliphatic heterocycles. The summed E-state index contributed by atoms with van der Waals surface area (Å²) in [6.07, 6.45) is 5.30. The predicted molar refractivity (Wildman–Crippen MR) is 315 cm³/mol. The quantitative estimate of drug-likeness (QED) is 0.0645. The molecule has 2 aromatic rings. The highest BCUT2D eigenvalue weighted by Crippen LogP contribution is 2.32. The van der Waals surface area contributed by atoms with Crippen LogP contribution in [0.4, 0.5) is 14.4 Å². The molecule has 3 unspecified atom stereocenters. The highest BCUT2D eigenvalue weighted by molar-refractivity contribution is 5.92. The third-order valence-electron chi connectivity index (χ3n) is 16.5. The Labute approximate surface area is 492 Å². The van der Waals surface area contributed by atoms with Crippen LogP contribution in [0.15, 0.2) is 66.7 Å². The number of ether oxygens (including phenoxy) is 5. The monoisotopic (exact) mass is 1160 g/mol. The number of nitrogens with one attached hydrogen (secondary N) is 2. The van der Waals surface area contributed by atoms with Crippen LogP contribution in [0.25, 0.3) is 0 Å². The number of Topliss-reactive ketones (excluding diaryl/α,β-unsaturated/α-hetero) is 2. The van der Waals surface area contributed by atoms with Crippen LogP contribution in [-0.4, -0.2) is 169 Å². The van der Waals surface area contributed by atoms with E-state index in [9.17, 15) is 43.5 Å². The number of amides is 6. The second kappa shape index (κ2) is 33.8. The first-order chi connectivity index (χ1) is 39.4. The van der Waals surface area contributed by atoms with E-state index in [1.165, 1.54) is 62.4 Å². The maximum atomic E-state index is 14.8. The molecule has 12 atom stereocenters. The van der Waals surface area contributed by atoms with E-state index in [-0.39, 0.29) is 90.5 Å². The van der Waals surface area contributed by atoms with E-state index in [1.54, 1.807) is 63.6 Å². The molecule has 1 aliphatic carbocycles. The lowest BCUT2D eigenvalue weighted by Gasteiger charge is -2.41. The molecule has 20 heteroatoms. The summed E-state index contributed by atoms with van der Waals surface area (Å²) in [5.74, 6) is -3.63. The van der Waals surface area contributed by atoms with Crippen LogP contribution in [-0.2, 0) is 38.2 Å². The van der Waals surface area contributed by atoms with Crippen molar-refractivity contribution < 1.29 is 67.1 Å². The van der Waals surface area contributed by atoms with Crippen LogP contribution in [0.3, 0.4) is 0 Å². The molecule has 1 fully saturated rings. The maximum absolute atomic E-state index is 14.8. The third kappa shape index (κ3) is 19.9. The SMILES string of the molecule is CCC(=O)C(CN(C)C(=O)OC1/C=C/CCCCC1)NC(=O)Oc1ccc(OC(=O)N(C)[C@H](C(=O)CC(C(=O)N(C)[C@@H]([C@@H](C)CC)[C@@H](CC(=O)N2CCC[C@H]2[C@H](OC)[C@@H](C)C(=O)N[C@H](C)[C@@H](O)c2ccccc2)OC)C(C)C)C(C)C)cc1. The summed E-state index contributed by atoms with van der Waals surface area (Å²) in [6, 6.07) is 11.1. The molecule has 6 amide bonds. The van der Waals surface area contributed by atoms with Crippen molar-refractivity contribution in [2.24, 2.45) is 29.6 Å². The topological polar surface area (TPSA) is 240 Å². The highest BCUT2D eigenvalue weighted by Gasteiger charge is 2.44. The van der Waals surface area contributed by atoms with E-state index in [0.717, 1.165) is 25.7 Å². The summed E-state index contributed by atoms with van der Waals surface area (Å²) in [7, 11) is 7.68. The smallest absolute Gasteiger partial charge is 0.415 e. The number of hydrogen-bond acceptors (Lipinski definition) is 14. The highest BCUT2D eigenvalue weighted by atomic mass is 16.6. The van der Waals surface area contributed by atoms with Crippen molar-refractivity contribution in [3.8, 4) is 11.5 Å². The summed E-state index contributed by atoms with van der Waals surface area (Å²) < 4.78 is 28.9. The lowest BCUT2D eigenvalue weighted by Crippen LogP contribution is -2.55. The fourth-order valence-electron chi connectivity index (χ4n) is 11.3. The molecule has 0 radical (unpaired) electrons. The number of methoxy groups -OCH3 is 2. The van der Waals surface area contributed by atoms with Gasteiger partial charge in [0.25, 0.3) is 0 Å². The number of likely N-dealkylation sites (N-methyl/N-ethyl adjacent to an activating group) is 3. The summed E-state index contributed by atoms with van der Waals surface area (Å²) in [5, 5.41) is 16.4. The van der Waals surface area contributed by atoms with Crippen molar-refractivity contribution in [1.29, 1.82) is 0 Å². The minimum Gasteiger partial charge on any atom is -0.442 e. The summed E-state index contributed by atoms with van der Waals surface area (Å²) >= 11 is 0. The Hall–Kier alpha value is -6.38. The Kier molecular flexibility index (Phi) is 28.1. The standard InChI is InChI=1S/C63H96N6O14/c1-15-41(7)56(53(79-13)37-54(72)69-35-25-30-50(69)58(80-14)42(8)59(74)64-43(9)57(73)44-26-21-20-22-27-44)67(11)60(75)48(39(3)4)36-52(71)55(40(5)6)68(12)63(78)83-47-33-31-46(32-34-47)81-61(76)65-49(51(70)16-2)38-66(10)62(77)82-45-28-23-18-17-19-24-29-45/h20-23,26-28,31-34,39-43,45,48-50,53,55-58,73H,15-19,24-25,29-30,35-38H2,1-14H3,(H,64,74)(H,65,76)/b28-23+/t41-,42+,43+,45?,48?,49?,50-,53+,55-,56-,57+,58+/m0/s1. The number of ketones is 2. The number of rotatable bonds is 29. The van der Waals surface area contributed by atoms with Crippen molar-refractivity contribution in [1.82, 2.24) is 30.2 Å². The van der Waals surface area contributed by atoms with Gasteiger partial charge in [-0.05, 0) is 99.1 Å². The van der Waals surface area contributed by atoms with Crippen LogP contribution < -0.4 is 20.1 Å². The number of benzene rings is 2. The fourth-order valence-corrected chi connectivity index (χ4v) is 11.3. The zero-order chi connectivity index (χ0) is 61.7. The van der Waals surface area contributed by atoms with Gasteiger partial charge in [-0.1, -0.05) is 105 Å². The molecule has 462 valence electrons.